The Balaban J connectivity index is 2.16. The van der Waals surface area contributed by atoms with Gasteiger partial charge in [0.2, 0.25) is 0 Å². The molecule has 0 spiro atoms. The summed E-state index contributed by atoms with van der Waals surface area (Å²) in [4.78, 5) is 0. The highest BCUT2D eigenvalue weighted by atomic mass is 35.5. The minimum atomic E-state index is -0.374. The van der Waals surface area contributed by atoms with Crippen molar-refractivity contribution in [2.45, 2.75) is 13.2 Å². The van der Waals surface area contributed by atoms with Crippen LogP contribution in [-0.2, 0) is 13.2 Å². The molecular weight excluding hydrogens is 281 g/mol. The highest BCUT2D eigenvalue weighted by Gasteiger charge is 2.06. The Bertz CT molecular complexity index is 604. The fraction of sp³-hybridized carbons (Fsp3) is 0.200. The molecule has 2 aromatic carbocycles. The third kappa shape index (κ3) is 3.62. The fourth-order valence-corrected chi connectivity index (χ4v) is 2.04. The average molecular weight is 296 g/mol. The van der Waals surface area contributed by atoms with Gasteiger partial charge in [0.25, 0.3) is 0 Å². The minimum Gasteiger partial charge on any atom is -0.496 e. The van der Waals surface area contributed by atoms with E-state index >= 15 is 0 Å². The van der Waals surface area contributed by atoms with Gasteiger partial charge in [0.15, 0.2) is 0 Å². The maximum absolute atomic E-state index is 13.4. The molecule has 0 atom stereocenters. The van der Waals surface area contributed by atoms with E-state index in [0.717, 1.165) is 5.56 Å². The number of methoxy groups -OCH3 is 1. The second-order valence-corrected chi connectivity index (χ2v) is 4.68. The largest absolute Gasteiger partial charge is 0.496 e. The zero-order valence-corrected chi connectivity index (χ0v) is 11.8. The number of benzene rings is 2. The van der Waals surface area contributed by atoms with Crippen LogP contribution in [0.15, 0.2) is 36.4 Å². The molecule has 2 aromatic rings. The molecule has 0 radical (unpaired) electrons. The Morgan fingerprint density at radius 2 is 2.00 bits per heavy atom. The van der Waals surface area contributed by atoms with Crippen molar-refractivity contribution >= 4 is 11.6 Å². The number of rotatable bonds is 5. The van der Waals surface area contributed by atoms with Gasteiger partial charge in [0.05, 0.1) is 7.11 Å². The van der Waals surface area contributed by atoms with Gasteiger partial charge >= 0.3 is 0 Å². The summed E-state index contributed by atoms with van der Waals surface area (Å²) < 4.78 is 24.2. The summed E-state index contributed by atoms with van der Waals surface area (Å²) in [5, 5.41) is 0.589. The van der Waals surface area contributed by atoms with Crippen molar-refractivity contribution in [2.24, 2.45) is 5.73 Å². The Kier molecular flexibility index (Phi) is 4.82. The van der Waals surface area contributed by atoms with E-state index in [9.17, 15) is 4.39 Å². The maximum atomic E-state index is 13.4. The molecule has 0 aliphatic heterocycles. The maximum Gasteiger partial charge on any atom is 0.127 e. The number of hydrogen-bond acceptors (Lipinski definition) is 3. The van der Waals surface area contributed by atoms with Crippen molar-refractivity contribution < 1.29 is 13.9 Å². The van der Waals surface area contributed by atoms with Gasteiger partial charge in [0, 0.05) is 23.2 Å². The summed E-state index contributed by atoms with van der Waals surface area (Å²) in [6.45, 7) is 0.492. The smallest absolute Gasteiger partial charge is 0.127 e. The molecule has 0 aliphatic carbocycles. The molecule has 0 amide bonds. The number of hydrogen-bond donors (Lipinski definition) is 1. The number of nitrogens with two attached hydrogens (primary N) is 1. The summed E-state index contributed by atoms with van der Waals surface area (Å²) in [6, 6.07) is 9.66. The molecule has 5 heteroatoms. The Labute approximate surface area is 122 Å². The van der Waals surface area contributed by atoms with E-state index in [1.54, 1.807) is 31.4 Å². The summed E-state index contributed by atoms with van der Waals surface area (Å²) in [5.41, 5.74) is 6.97. The van der Waals surface area contributed by atoms with Gasteiger partial charge in [-0.2, -0.15) is 0 Å². The molecule has 0 aromatic heterocycles. The van der Waals surface area contributed by atoms with Crippen LogP contribution in [-0.4, -0.2) is 7.11 Å². The van der Waals surface area contributed by atoms with Crippen LogP contribution >= 0.6 is 11.6 Å². The van der Waals surface area contributed by atoms with Crippen LogP contribution in [0.2, 0.25) is 5.02 Å². The fourth-order valence-electron chi connectivity index (χ4n) is 1.84. The molecule has 106 valence electrons. The molecule has 20 heavy (non-hydrogen) atoms. The van der Waals surface area contributed by atoms with Crippen molar-refractivity contribution in [1.29, 1.82) is 0 Å². The van der Waals surface area contributed by atoms with E-state index in [2.05, 4.69) is 0 Å². The Morgan fingerprint density at radius 3 is 2.70 bits per heavy atom. The molecular formula is C15H15ClFNO2. The van der Waals surface area contributed by atoms with E-state index in [-0.39, 0.29) is 19.0 Å². The first-order valence-corrected chi connectivity index (χ1v) is 6.45. The predicted octanol–water partition coefficient (Wildman–Crippen LogP) is 3.53. The molecule has 0 aliphatic rings. The van der Waals surface area contributed by atoms with Crippen LogP contribution < -0.4 is 15.2 Å². The van der Waals surface area contributed by atoms with Crippen LogP contribution in [0.25, 0.3) is 0 Å². The van der Waals surface area contributed by atoms with Crippen LogP contribution in [0.1, 0.15) is 11.1 Å². The molecule has 3 nitrogen and oxygen atoms in total. The highest BCUT2D eigenvalue weighted by molar-refractivity contribution is 6.30. The number of ether oxygens (including phenoxy) is 2. The first-order chi connectivity index (χ1) is 9.62. The monoisotopic (exact) mass is 295 g/mol. The van der Waals surface area contributed by atoms with Crippen molar-refractivity contribution in [3.63, 3.8) is 0 Å². The van der Waals surface area contributed by atoms with Crippen molar-refractivity contribution in [3.8, 4) is 11.5 Å². The average Bonchev–Trinajstić information content (AvgIpc) is 2.44. The van der Waals surface area contributed by atoms with Crippen LogP contribution in [0, 0.1) is 5.82 Å². The van der Waals surface area contributed by atoms with Gasteiger partial charge in [-0.15, -0.1) is 0 Å². The molecule has 0 heterocycles. The van der Waals surface area contributed by atoms with E-state index in [1.165, 1.54) is 12.1 Å². The molecule has 2 rings (SSSR count). The van der Waals surface area contributed by atoms with Gasteiger partial charge in [-0.05, 0) is 35.9 Å². The quantitative estimate of drug-likeness (QED) is 0.918. The lowest BCUT2D eigenvalue weighted by Crippen LogP contribution is -2.01. The van der Waals surface area contributed by atoms with Gasteiger partial charge in [-0.1, -0.05) is 11.6 Å². The summed E-state index contributed by atoms with van der Waals surface area (Å²) >= 11 is 5.94. The molecule has 0 saturated carbocycles. The molecule has 0 saturated heterocycles. The predicted molar refractivity (Wildman–Crippen MR) is 76.6 cm³/mol. The topological polar surface area (TPSA) is 44.5 Å². The van der Waals surface area contributed by atoms with Crippen LogP contribution in [0.4, 0.5) is 4.39 Å². The third-order valence-electron chi connectivity index (χ3n) is 2.80. The standard InChI is InChI=1S/C15H15ClFNO2/c1-19-15-3-2-12(16)6-11(15)9-20-14-5-10(8-18)4-13(17)7-14/h2-7H,8-9,18H2,1H3. The van der Waals surface area contributed by atoms with Gasteiger partial charge in [0.1, 0.15) is 23.9 Å². The molecule has 2 N–H and O–H groups in total. The van der Waals surface area contributed by atoms with Gasteiger partial charge < -0.3 is 15.2 Å². The van der Waals surface area contributed by atoms with E-state index < -0.39 is 0 Å². The second-order valence-electron chi connectivity index (χ2n) is 4.24. The second kappa shape index (κ2) is 6.59. The van der Waals surface area contributed by atoms with E-state index in [0.29, 0.717) is 22.1 Å². The summed E-state index contributed by atoms with van der Waals surface area (Å²) in [5.74, 6) is 0.721. The lowest BCUT2D eigenvalue weighted by Gasteiger charge is -2.11. The van der Waals surface area contributed by atoms with Crippen LogP contribution in [0.3, 0.4) is 0 Å². The molecule has 0 fully saturated rings. The first-order valence-electron chi connectivity index (χ1n) is 6.07. The minimum absolute atomic E-state index is 0.233. The lowest BCUT2D eigenvalue weighted by atomic mass is 10.2. The first kappa shape index (κ1) is 14.6. The third-order valence-corrected chi connectivity index (χ3v) is 3.04. The van der Waals surface area contributed by atoms with E-state index in [1.807, 2.05) is 0 Å². The Hall–Kier alpha value is -1.78. The number of halogens is 2. The van der Waals surface area contributed by atoms with Crippen molar-refractivity contribution in [1.82, 2.24) is 0 Å². The highest BCUT2D eigenvalue weighted by Crippen LogP contribution is 2.25. The summed E-state index contributed by atoms with van der Waals surface area (Å²) in [6.07, 6.45) is 0. The normalized spacial score (nSPS) is 10.4. The molecule has 0 bridgehead atoms. The summed E-state index contributed by atoms with van der Waals surface area (Å²) in [7, 11) is 1.57. The van der Waals surface area contributed by atoms with Crippen molar-refractivity contribution in [3.05, 3.63) is 58.4 Å². The lowest BCUT2D eigenvalue weighted by molar-refractivity contribution is 0.295. The van der Waals surface area contributed by atoms with Gasteiger partial charge in [-0.3, -0.25) is 0 Å². The van der Waals surface area contributed by atoms with Crippen molar-refractivity contribution in [2.75, 3.05) is 7.11 Å². The van der Waals surface area contributed by atoms with E-state index in [4.69, 9.17) is 26.8 Å². The zero-order chi connectivity index (χ0) is 14.5. The van der Waals surface area contributed by atoms with Gasteiger partial charge in [-0.25, -0.2) is 4.39 Å². The van der Waals surface area contributed by atoms with Crippen LogP contribution in [0.5, 0.6) is 11.5 Å². The SMILES string of the molecule is COc1ccc(Cl)cc1COc1cc(F)cc(CN)c1. The Morgan fingerprint density at radius 1 is 1.20 bits per heavy atom. The molecule has 0 unspecified atom stereocenters. The zero-order valence-electron chi connectivity index (χ0n) is 11.0.